The summed E-state index contributed by atoms with van der Waals surface area (Å²) in [6, 6.07) is 8.35. The minimum absolute atomic E-state index is 0. The fourth-order valence-electron chi connectivity index (χ4n) is 3.92. The van der Waals surface area contributed by atoms with Gasteiger partial charge >= 0.3 is 0 Å². The summed E-state index contributed by atoms with van der Waals surface area (Å²) in [6.07, 6.45) is 0. The third kappa shape index (κ3) is 8.49. The molecule has 0 amide bonds. The van der Waals surface area contributed by atoms with E-state index < -0.39 is 0 Å². The quantitative estimate of drug-likeness (QED) is 0.266. The van der Waals surface area contributed by atoms with E-state index in [1.54, 1.807) is 0 Å². The van der Waals surface area contributed by atoms with Crippen LogP contribution in [0.2, 0.25) is 5.02 Å². The summed E-state index contributed by atoms with van der Waals surface area (Å²) in [4.78, 5) is 11.9. The summed E-state index contributed by atoms with van der Waals surface area (Å²) >= 11 is 6.51. The zero-order chi connectivity index (χ0) is 21.1. The maximum Gasteiger partial charge on any atom is 0.191 e. The van der Waals surface area contributed by atoms with Gasteiger partial charge in [0.05, 0.1) is 6.04 Å². The summed E-state index contributed by atoms with van der Waals surface area (Å²) in [6.45, 7) is 17.1. The van der Waals surface area contributed by atoms with Gasteiger partial charge in [-0.1, -0.05) is 50.6 Å². The Labute approximate surface area is 205 Å². The van der Waals surface area contributed by atoms with Crippen molar-refractivity contribution >= 4 is 41.5 Å². The Morgan fingerprint density at radius 1 is 1.07 bits per heavy atom. The van der Waals surface area contributed by atoms with Crippen LogP contribution in [0.15, 0.2) is 29.3 Å². The number of nitrogens with one attached hydrogen (secondary N) is 2. The third-order valence-electron chi connectivity index (χ3n) is 5.84. The van der Waals surface area contributed by atoms with Crippen molar-refractivity contribution in [3.63, 3.8) is 0 Å². The predicted molar refractivity (Wildman–Crippen MR) is 140 cm³/mol. The largest absolute Gasteiger partial charge is 0.355 e. The molecule has 0 bridgehead atoms. The maximum atomic E-state index is 6.51. The van der Waals surface area contributed by atoms with Crippen molar-refractivity contribution < 1.29 is 0 Å². The molecular weight excluding hydrogens is 511 g/mol. The Kier molecular flexibility index (Phi) is 13.9. The first-order chi connectivity index (χ1) is 14.1. The van der Waals surface area contributed by atoms with Crippen molar-refractivity contribution in [1.29, 1.82) is 0 Å². The molecule has 2 N–H and O–H groups in total. The first-order valence-electron chi connectivity index (χ1n) is 11.0. The molecule has 1 aromatic carbocycles. The molecule has 1 saturated heterocycles. The molecule has 1 aliphatic rings. The molecule has 0 aromatic heterocycles. The molecule has 1 heterocycles. The molecule has 0 spiro atoms. The number of guanidine groups is 1. The standard InChI is InChI=1S/C22H39ClN6.HI/c1-5-27-14-16-28(17-15-27)13-12-25-22(24-4)26-18-21(29(6-2)7-3)19-10-8-9-11-20(19)23;/h8-11,21H,5-7,12-18H2,1-4H3,(H2,24,25,26);1H. The average Bonchev–Trinajstić information content (AvgIpc) is 2.76. The van der Waals surface area contributed by atoms with Crippen LogP contribution in [0.1, 0.15) is 32.4 Å². The van der Waals surface area contributed by atoms with E-state index in [9.17, 15) is 0 Å². The second-order valence-corrected chi connectivity index (χ2v) is 7.82. The second-order valence-electron chi connectivity index (χ2n) is 7.41. The summed E-state index contributed by atoms with van der Waals surface area (Å²) in [5, 5.41) is 7.80. The highest BCUT2D eigenvalue weighted by Crippen LogP contribution is 2.26. The molecule has 0 saturated carbocycles. The normalized spacial score (nSPS) is 16.9. The second kappa shape index (κ2) is 15.2. The van der Waals surface area contributed by atoms with Gasteiger partial charge in [-0.05, 0) is 31.3 Å². The zero-order valence-electron chi connectivity index (χ0n) is 19.0. The van der Waals surface area contributed by atoms with Crippen LogP contribution in [0, 0.1) is 0 Å². The Morgan fingerprint density at radius 2 is 1.70 bits per heavy atom. The van der Waals surface area contributed by atoms with Crippen LogP contribution in [0.5, 0.6) is 0 Å². The lowest BCUT2D eigenvalue weighted by molar-refractivity contribution is 0.139. The van der Waals surface area contributed by atoms with E-state index in [2.05, 4.69) is 63.2 Å². The number of rotatable bonds is 10. The van der Waals surface area contributed by atoms with E-state index in [0.717, 1.165) is 68.9 Å². The Balaban J connectivity index is 0.00000450. The molecule has 0 aliphatic carbocycles. The van der Waals surface area contributed by atoms with Crippen LogP contribution in [-0.2, 0) is 0 Å². The fraction of sp³-hybridized carbons (Fsp3) is 0.682. The first-order valence-corrected chi connectivity index (χ1v) is 11.4. The lowest BCUT2D eigenvalue weighted by atomic mass is 10.0. The number of hydrogen-bond acceptors (Lipinski definition) is 4. The number of likely N-dealkylation sites (N-methyl/N-ethyl adjacent to an activating group) is 2. The number of piperazine rings is 1. The number of aliphatic imine (C=N–C) groups is 1. The van der Waals surface area contributed by atoms with E-state index in [4.69, 9.17) is 11.6 Å². The number of benzene rings is 1. The van der Waals surface area contributed by atoms with Gasteiger partial charge < -0.3 is 15.5 Å². The van der Waals surface area contributed by atoms with Gasteiger partial charge in [0.2, 0.25) is 0 Å². The molecule has 2 rings (SSSR count). The van der Waals surface area contributed by atoms with Crippen LogP contribution < -0.4 is 10.6 Å². The van der Waals surface area contributed by atoms with Crippen molar-refractivity contribution in [2.75, 3.05) is 72.5 Å². The topological polar surface area (TPSA) is 46.1 Å². The third-order valence-corrected chi connectivity index (χ3v) is 6.18. The average molecular weight is 551 g/mol. The van der Waals surface area contributed by atoms with Crippen LogP contribution >= 0.6 is 35.6 Å². The van der Waals surface area contributed by atoms with Gasteiger partial charge in [0.25, 0.3) is 0 Å². The van der Waals surface area contributed by atoms with Crippen molar-refractivity contribution in [2.45, 2.75) is 26.8 Å². The molecule has 1 fully saturated rings. The van der Waals surface area contributed by atoms with Crippen LogP contribution in [0.4, 0.5) is 0 Å². The highest BCUT2D eigenvalue weighted by Gasteiger charge is 2.21. The minimum Gasteiger partial charge on any atom is -0.355 e. The summed E-state index contributed by atoms with van der Waals surface area (Å²) in [7, 11) is 1.83. The van der Waals surface area contributed by atoms with Crippen molar-refractivity contribution in [2.24, 2.45) is 4.99 Å². The number of hydrogen-bond donors (Lipinski definition) is 2. The van der Waals surface area contributed by atoms with Gasteiger partial charge in [-0.3, -0.25) is 14.8 Å². The lowest BCUT2D eigenvalue weighted by Gasteiger charge is -2.34. The SMILES string of the molecule is CCN1CCN(CCNC(=NC)NCC(c2ccccc2Cl)N(CC)CC)CC1.I. The highest BCUT2D eigenvalue weighted by molar-refractivity contribution is 14.0. The smallest absolute Gasteiger partial charge is 0.191 e. The van der Waals surface area contributed by atoms with Gasteiger partial charge in [0.15, 0.2) is 5.96 Å². The molecule has 8 heteroatoms. The fourth-order valence-corrected chi connectivity index (χ4v) is 4.18. The molecular formula is C22H40ClIN6. The highest BCUT2D eigenvalue weighted by atomic mass is 127. The van der Waals surface area contributed by atoms with Gasteiger partial charge in [-0.15, -0.1) is 24.0 Å². The van der Waals surface area contributed by atoms with Gasteiger partial charge in [0, 0.05) is 57.9 Å². The Morgan fingerprint density at radius 3 is 2.27 bits per heavy atom. The van der Waals surface area contributed by atoms with Crippen molar-refractivity contribution in [3.05, 3.63) is 34.9 Å². The van der Waals surface area contributed by atoms with Gasteiger partial charge in [-0.25, -0.2) is 0 Å². The zero-order valence-corrected chi connectivity index (χ0v) is 22.1. The molecule has 1 unspecified atom stereocenters. The van der Waals surface area contributed by atoms with E-state index in [1.807, 2.05) is 19.2 Å². The predicted octanol–water partition coefficient (Wildman–Crippen LogP) is 3.14. The van der Waals surface area contributed by atoms with E-state index in [0.29, 0.717) is 0 Å². The number of nitrogens with zero attached hydrogens (tertiary/aromatic N) is 4. The molecule has 30 heavy (non-hydrogen) atoms. The molecule has 172 valence electrons. The van der Waals surface area contributed by atoms with Crippen LogP contribution in [-0.4, -0.2) is 93.2 Å². The molecule has 1 aliphatic heterocycles. The molecule has 6 nitrogen and oxygen atoms in total. The van der Waals surface area contributed by atoms with E-state index >= 15 is 0 Å². The van der Waals surface area contributed by atoms with Crippen LogP contribution in [0.3, 0.4) is 0 Å². The molecule has 1 aromatic rings. The molecule has 0 radical (unpaired) electrons. The van der Waals surface area contributed by atoms with Crippen molar-refractivity contribution in [3.8, 4) is 0 Å². The lowest BCUT2D eigenvalue weighted by Crippen LogP contribution is -2.49. The van der Waals surface area contributed by atoms with Gasteiger partial charge in [-0.2, -0.15) is 0 Å². The van der Waals surface area contributed by atoms with Crippen LogP contribution in [0.25, 0.3) is 0 Å². The molecule has 1 atom stereocenters. The Hall–Kier alpha value is -0.610. The summed E-state index contributed by atoms with van der Waals surface area (Å²) < 4.78 is 0. The maximum absolute atomic E-state index is 6.51. The first kappa shape index (κ1) is 27.4. The minimum atomic E-state index is 0. The summed E-state index contributed by atoms with van der Waals surface area (Å²) in [5.74, 6) is 0.849. The van der Waals surface area contributed by atoms with E-state index in [1.165, 1.54) is 13.1 Å². The Bertz CT molecular complexity index is 617. The van der Waals surface area contributed by atoms with Crippen molar-refractivity contribution in [1.82, 2.24) is 25.3 Å². The monoisotopic (exact) mass is 550 g/mol. The number of halogens is 2. The summed E-state index contributed by atoms with van der Waals surface area (Å²) in [5.41, 5.74) is 1.16. The van der Waals surface area contributed by atoms with E-state index in [-0.39, 0.29) is 30.0 Å². The van der Waals surface area contributed by atoms with Gasteiger partial charge in [0.1, 0.15) is 0 Å².